The van der Waals surface area contributed by atoms with Crippen LogP contribution in [0.2, 0.25) is 0 Å². The molecule has 0 aromatic rings. The van der Waals surface area contributed by atoms with Gasteiger partial charge in [0.25, 0.3) is 0 Å². The Morgan fingerprint density at radius 3 is 0.884 bits per heavy atom. The van der Waals surface area contributed by atoms with E-state index < -0.39 is 6.10 Å². The molecule has 6 heteroatoms. The van der Waals surface area contributed by atoms with E-state index in [1.807, 2.05) is 0 Å². The second kappa shape index (κ2) is 57.9. The number of esters is 3. The second-order valence-corrected chi connectivity index (χ2v) is 20.2. The summed E-state index contributed by atoms with van der Waals surface area (Å²) in [6.45, 7) is 6.55. The Morgan fingerprint density at radius 1 is 0.304 bits per heavy atom. The van der Waals surface area contributed by atoms with Gasteiger partial charge in [-0.05, 0) is 57.8 Å². The van der Waals surface area contributed by atoms with Crippen LogP contribution in [0.5, 0.6) is 0 Å². The predicted octanol–water partition coefficient (Wildman–Crippen LogP) is 20.2. The molecule has 0 heterocycles. The molecule has 0 aromatic carbocycles. The zero-order chi connectivity index (χ0) is 50.0. The van der Waals surface area contributed by atoms with Crippen LogP contribution in [-0.4, -0.2) is 37.2 Å². The van der Waals surface area contributed by atoms with Crippen molar-refractivity contribution in [2.75, 3.05) is 13.2 Å². The highest BCUT2D eigenvalue weighted by Gasteiger charge is 2.19. The highest BCUT2D eigenvalue weighted by Crippen LogP contribution is 2.17. The largest absolute Gasteiger partial charge is 0.462 e. The molecule has 0 amide bonds. The molecule has 0 aliphatic rings. The summed E-state index contributed by atoms with van der Waals surface area (Å²) in [5, 5.41) is 0. The van der Waals surface area contributed by atoms with E-state index in [1.165, 1.54) is 193 Å². The summed E-state index contributed by atoms with van der Waals surface area (Å²) in [4.78, 5) is 38.1. The van der Waals surface area contributed by atoms with E-state index in [4.69, 9.17) is 14.2 Å². The Morgan fingerprint density at radius 2 is 0.565 bits per heavy atom. The van der Waals surface area contributed by atoms with E-state index in [-0.39, 0.29) is 31.1 Å². The van der Waals surface area contributed by atoms with Crippen molar-refractivity contribution in [3.63, 3.8) is 0 Å². The lowest BCUT2D eigenvalue weighted by atomic mass is 10.0. The molecule has 0 saturated carbocycles. The van der Waals surface area contributed by atoms with Crippen LogP contribution in [-0.2, 0) is 28.6 Å². The zero-order valence-electron chi connectivity index (χ0n) is 46.1. The average molecular weight is 968 g/mol. The van der Waals surface area contributed by atoms with Crippen molar-refractivity contribution in [2.45, 2.75) is 322 Å². The summed E-state index contributed by atoms with van der Waals surface area (Å²) in [7, 11) is 0. The molecule has 0 aromatic heterocycles. The Balaban J connectivity index is 4.21. The molecule has 0 spiro atoms. The minimum atomic E-state index is -0.770. The van der Waals surface area contributed by atoms with Crippen molar-refractivity contribution in [3.8, 4) is 0 Å². The van der Waals surface area contributed by atoms with Crippen LogP contribution in [0.1, 0.15) is 316 Å². The monoisotopic (exact) mass is 967 g/mol. The van der Waals surface area contributed by atoms with Gasteiger partial charge in [0.1, 0.15) is 13.2 Å². The first-order valence-electron chi connectivity index (χ1n) is 30.1. The van der Waals surface area contributed by atoms with E-state index >= 15 is 0 Å². The highest BCUT2D eigenvalue weighted by atomic mass is 16.6. The lowest BCUT2D eigenvalue weighted by molar-refractivity contribution is -0.167. The third-order valence-electron chi connectivity index (χ3n) is 13.3. The van der Waals surface area contributed by atoms with E-state index in [0.717, 1.165) is 83.5 Å². The summed E-state index contributed by atoms with van der Waals surface area (Å²) in [5.41, 5.74) is 0. The SMILES string of the molecule is CC/C=C\C/C=C\C/C=C\C/C=C\CCCCCCCCCCCCC(=O)OCC(COC(=O)CCCCCCCCCCC)OC(=O)CCCCCCCCCCCCCCCCCCCCC. The number of hydrogen-bond donors (Lipinski definition) is 0. The molecular weight excluding hydrogens is 853 g/mol. The van der Waals surface area contributed by atoms with Crippen LogP contribution in [0.15, 0.2) is 48.6 Å². The molecule has 0 fully saturated rings. The van der Waals surface area contributed by atoms with Gasteiger partial charge in [-0.15, -0.1) is 0 Å². The Bertz CT molecular complexity index is 1200. The van der Waals surface area contributed by atoms with Gasteiger partial charge in [-0.3, -0.25) is 14.4 Å². The van der Waals surface area contributed by atoms with Gasteiger partial charge in [-0.1, -0.05) is 288 Å². The topological polar surface area (TPSA) is 78.9 Å². The molecule has 69 heavy (non-hydrogen) atoms. The number of ether oxygens (including phenoxy) is 3. The maximum Gasteiger partial charge on any atom is 0.306 e. The van der Waals surface area contributed by atoms with Gasteiger partial charge in [0, 0.05) is 19.3 Å². The van der Waals surface area contributed by atoms with Gasteiger partial charge in [-0.2, -0.15) is 0 Å². The fourth-order valence-electron chi connectivity index (χ4n) is 8.85. The molecule has 1 unspecified atom stereocenters. The van der Waals surface area contributed by atoms with Crippen LogP contribution in [0.3, 0.4) is 0 Å². The average Bonchev–Trinajstić information content (AvgIpc) is 3.35. The molecule has 0 radical (unpaired) electrons. The Labute approximate surface area is 428 Å². The first-order chi connectivity index (χ1) is 34.0. The lowest BCUT2D eigenvalue weighted by Crippen LogP contribution is -2.30. The van der Waals surface area contributed by atoms with E-state index in [9.17, 15) is 14.4 Å². The van der Waals surface area contributed by atoms with Crippen molar-refractivity contribution in [3.05, 3.63) is 48.6 Å². The molecule has 6 nitrogen and oxygen atoms in total. The van der Waals surface area contributed by atoms with Gasteiger partial charge in [0.15, 0.2) is 6.10 Å². The fraction of sp³-hybridized carbons (Fsp3) is 0.825. The number of carbonyl (C=O) groups is 3. The van der Waals surface area contributed by atoms with Gasteiger partial charge in [0.05, 0.1) is 0 Å². The van der Waals surface area contributed by atoms with Gasteiger partial charge in [-0.25, -0.2) is 0 Å². The van der Waals surface area contributed by atoms with Crippen LogP contribution in [0, 0.1) is 0 Å². The molecular formula is C63H114O6. The zero-order valence-corrected chi connectivity index (χ0v) is 46.1. The molecule has 0 saturated heterocycles. The number of rotatable bonds is 55. The molecule has 0 rings (SSSR count). The lowest BCUT2D eigenvalue weighted by Gasteiger charge is -2.18. The second-order valence-electron chi connectivity index (χ2n) is 20.2. The van der Waals surface area contributed by atoms with Gasteiger partial charge in [0.2, 0.25) is 0 Å². The molecule has 0 N–H and O–H groups in total. The molecule has 1 atom stereocenters. The van der Waals surface area contributed by atoms with E-state index in [0.29, 0.717) is 19.3 Å². The number of hydrogen-bond acceptors (Lipinski definition) is 6. The molecule has 0 bridgehead atoms. The van der Waals surface area contributed by atoms with E-state index in [2.05, 4.69) is 69.4 Å². The van der Waals surface area contributed by atoms with Crippen molar-refractivity contribution in [1.29, 1.82) is 0 Å². The number of unbranched alkanes of at least 4 members (excludes halogenated alkanes) is 36. The van der Waals surface area contributed by atoms with Gasteiger partial charge >= 0.3 is 17.9 Å². The highest BCUT2D eigenvalue weighted by molar-refractivity contribution is 5.71. The Hall–Kier alpha value is -2.63. The first kappa shape index (κ1) is 66.4. The molecule has 0 aliphatic carbocycles. The minimum Gasteiger partial charge on any atom is -0.462 e. The maximum atomic E-state index is 12.9. The van der Waals surface area contributed by atoms with Crippen LogP contribution in [0.4, 0.5) is 0 Å². The van der Waals surface area contributed by atoms with Crippen molar-refractivity contribution >= 4 is 17.9 Å². The fourth-order valence-corrected chi connectivity index (χ4v) is 8.85. The third-order valence-corrected chi connectivity index (χ3v) is 13.3. The smallest absolute Gasteiger partial charge is 0.306 e. The maximum absolute atomic E-state index is 12.9. The standard InChI is InChI=1S/C63H114O6/c1-4-7-10-13-16-19-21-23-25-27-29-30-31-32-34-35-37-39-41-44-47-50-53-56-62(65)68-59-60(58-67-61(64)55-52-49-46-43-18-15-12-9-6-3)69-63(66)57-54-51-48-45-42-40-38-36-33-28-26-24-22-20-17-14-11-8-5-2/h7,10,16,19,23,25,29-30,60H,4-6,8-9,11-15,17-18,20-22,24,26-28,31-59H2,1-3H3/b10-7-,19-16-,25-23-,30-29-. The predicted molar refractivity (Wildman–Crippen MR) is 298 cm³/mol. The van der Waals surface area contributed by atoms with Crippen LogP contribution < -0.4 is 0 Å². The third kappa shape index (κ3) is 56.2. The molecule has 0 aliphatic heterocycles. The summed E-state index contributed by atoms with van der Waals surface area (Å²) in [6, 6.07) is 0. The van der Waals surface area contributed by atoms with Crippen molar-refractivity contribution < 1.29 is 28.6 Å². The minimum absolute atomic E-state index is 0.0697. The molecule has 402 valence electrons. The number of carbonyl (C=O) groups excluding carboxylic acids is 3. The van der Waals surface area contributed by atoms with Crippen molar-refractivity contribution in [2.24, 2.45) is 0 Å². The number of allylic oxidation sites excluding steroid dienone is 8. The van der Waals surface area contributed by atoms with Crippen molar-refractivity contribution in [1.82, 2.24) is 0 Å². The first-order valence-corrected chi connectivity index (χ1v) is 30.1. The summed E-state index contributed by atoms with van der Waals surface area (Å²) < 4.78 is 16.9. The van der Waals surface area contributed by atoms with Crippen LogP contribution in [0.25, 0.3) is 0 Å². The van der Waals surface area contributed by atoms with E-state index in [1.54, 1.807) is 0 Å². The summed E-state index contributed by atoms with van der Waals surface area (Å²) in [6.07, 6.45) is 71.2. The summed E-state index contributed by atoms with van der Waals surface area (Å²) in [5.74, 6) is -0.858. The van der Waals surface area contributed by atoms with Crippen LogP contribution >= 0.6 is 0 Å². The quantitative estimate of drug-likeness (QED) is 0.0262. The Kier molecular flexibility index (Phi) is 55.7. The van der Waals surface area contributed by atoms with Gasteiger partial charge < -0.3 is 14.2 Å². The summed E-state index contributed by atoms with van der Waals surface area (Å²) >= 11 is 0. The normalized spacial score (nSPS) is 12.3.